The Morgan fingerprint density at radius 1 is 1.41 bits per heavy atom. The fourth-order valence-electron chi connectivity index (χ4n) is 1.73. The molecule has 0 saturated carbocycles. The van der Waals surface area contributed by atoms with Gasteiger partial charge in [0.25, 0.3) is 0 Å². The lowest BCUT2D eigenvalue weighted by Crippen LogP contribution is -2.10. The average Bonchev–Trinajstić information content (AvgIpc) is 2.16. The Bertz CT molecular complexity index is 248. The highest BCUT2D eigenvalue weighted by atomic mass is 35.5. The second-order valence-electron chi connectivity index (χ2n) is 5.54. The van der Waals surface area contributed by atoms with Crippen LogP contribution in [0.2, 0.25) is 0 Å². The summed E-state index contributed by atoms with van der Waals surface area (Å²) in [7, 11) is 0. The number of nitrogens with two attached hydrogens (primary N) is 1. The van der Waals surface area contributed by atoms with Gasteiger partial charge in [0.2, 0.25) is 0 Å². The van der Waals surface area contributed by atoms with E-state index in [1.807, 2.05) is 6.08 Å². The predicted octanol–water partition coefficient (Wildman–Crippen LogP) is 4.66. The number of allylic oxidation sites excluding steroid dienone is 3. The van der Waals surface area contributed by atoms with Gasteiger partial charge in [0.05, 0.1) is 0 Å². The fraction of sp³-hybridized carbons (Fsp3) is 0.733. The first-order valence-electron chi connectivity index (χ1n) is 6.57. The van der Waals surface area contributed by atoms with Crippen LogP contribution >= 0.6 is 11.6 Å². The van der Waals surface area contributed by atoms with Crippen molar-refractivity contribution in [2.45, 2.75) is 58.3 Å². The highest BCUT2D eigenvalue weighted by Gasteiger charge is 2.12. The lowest BCUT2D eigenvalue weighted by molar-refractivity contribution is 0.474. The topological polar surface area (TPSA) is 26.0 Å². The van der Waals surface area contributed by atoms with Crippen LogP contribution in [0.1, 0.15) is 53.4 Å². The molecule has 1 atom stereocenters. The Morgan fingerprint density at radius 2 is 2.06 bits per heavy atom. The zero-order chi connectivity index (χ0) is 13.3. The Kier molecular flexibility index (Phi) is 8.63. The lowest BCUT2D eigenvalue weighted by atomic mass is 9.96. The number of alkyl halides is 1. The molecule has 100 valence electrons. The molecule has 2 N–H and O–H groups in total. The zero-order valence-corrected chi connectivity index (χ0v) is 12.6. The van der Waals surface area contributed by atoms with E-state index in [1.54, 1.807) is 0 Å². The summed E-state index contributed by atoms with van der Waals surface area (Å²) in [6.07, 6.45) is 11.1. The molecule has 0 aliphatic heterocycles. The van der Waals surface area contributed by atoms with Gasteiger partial charge in [-0.2, -0.15) is 0 Å². The van der Waals surface area contributed by atoms with E-state index in [2.05, 4.69) is 39.8 Å². The molecule has 0 heterocycles. The summed E-state index contributed by atoms with van der Waals surface area (Å²) in [5.74, 6) is 0.732. The van der Waals surface area contributed by atoms with Gasteiger partial charge in [0.15, 0.2) is 0 Å². The van der Waals surface area contributed by atoms with Gasteiger partial charge < -0.3 is 5.73 Å². The monoisotopic (exact) mass is 257 g/mol. The van der Waals surface area contributed by atoms with Gasteiger partial charge in [-0.25, -0.2) is 0 Å². The number of hydrogen-bond acceptors (Lipinski definition) is 1. The predicted molar refractivity (Wildman–Crippen MR) is 79.5 cm³/mol. The maximum atomic E-state index is 6.16. The summed E-state index contributed by atoms with van der Waals surface area (Å²) < 4.78 is 0. The van der Waals surface area contributed by atoms with Crippen LogP contribution in [0.4, 0.5) is 0 Å². The molecule has 0 amide bonds. The maximum absolute atomic E-state index is 6.16. The molecule has 0 rings (SSSR count). The van der Waals surface area contributed by atoms with E-state index < -0.39 is 0 Å². The molecule has 1 nitrogen and oxygen atoms in total. The Hall–Kier alpha value is -0.270. The van der Waals surface area contributed by atoms with Crippen LogP contribution in [0.15, 0.2) is 23.8 Å². The van der Waals surface area contributed by atoms with Crippen molar-refractivity contribution in [2.75, 3.05) is 6.54 Å². The SMILES string of the molecule is CC(/C=C/CC(C)CCCC(C)(C)Cl)=C\CN. The molecule has 0 aliphatic carbocycles. The molecule has 0 radical (unpaired) electrons. The van der Waals surface area contributed by atoms with Gasteiger partial charge in [0.1, 0.15) is 0 Å². The zero-order valence-electron chi connectivity index (χ0n) is 11.8. The molecule has 0 aromatic heterocycles. The van der Waals surface area contributed by atoms with Crippen molar-refractivity contribution in [3.63, 3.8) is 0 Å². The molecular weight excluding hydrogens is 230 g/mol. The Morgan fingerprint density at radius 3 is 2.59 bits per heavy atom. The van der Waals surface area contributed by atoms with E-state index in [-0.39, 0.29) is 4.87 Å². The van der Waals surface area contributed by atoms with Gasteiger partial charge in [-0.15, -0.1) is 11.6 Å². The van der Waals surface area contributed by atoms with Gasteiger partial charge in [-0.3, -0.25) is 0 Å². The van der Waals surface area contributed by atoms with Crippen LogP contribution in [-0.2, 0) is 0 Å². The first kappa shape index (κ1) is 16.7. The molecule has 0 fully saturated rings. The standard InChI is InChI=1S/C15H28ClN/c1-13(9-6-11-15(3,4)16)7-5-8-14(2)10-12-17/h5,8,10,13H,6-7,9,11-12,17H2,1-4H3/b8-5+,14-10+. The van der Waals surface area contributed by atoms with Crippen LogP contribution in [0.25, 0.3) is 0 Å². The van der Waals surface area contributed by atoms with E-state index in [4.69, 9.17) is 17.3 Å². The first-order valence-corrected chi connectivity index (χ1v) is 6.95. The smallest absolute Gasteiger partial charge is 0.0390 e. The van der Waals surface area contributed by atoms with E-state index in [1.165, 1.54) is 18.4 Å². The molecule has 0 bridgehead atoms. The van der Waals surface area contributed by atoms with Gasteiger partial charge >= 0.3 is 0 Å². The van der Waals surface area contributed by atoms with Crippen molar-refractivity contribution in [3.05, 3.63) is 23.8 Å². The summed E-state index contributed by atoms with van der Waals surface area (Å²) in [6, 6.07) is 0. The number of halogens is 1. The maximum Gasteiger partial charge on any atom is 0.0390 e. The second-order valence-corrected chi connectivity index (χ2v) is 6.56. The number of rotatable bonds is 8. The minimum absolute atomic E-state index is 0.0456. The summed E-state index contributed by atoms with van der Waals surface area (Å²) in [6.45, 7) is 9.17. The van der Waals surface area contributed by atoms with E-state index in [9.17, 15) is 0 Å². The van der Waals surface area contributed by atoms with E-state index >= 15 is 0 Å². The summed E-state index contributed by atoms with van der Waals surface area (Å²) >= 11 is 6.16. The summed E-state index contributed by atoms with van der Waals surface area (Å²) in [5.41, 5.74) is 6.70. The first-order chi connectivity index (χ1) is 7.85. The third kappa shape index (κ3) is 12.0. The van der Waals surface area contributed by atoms with E-state index in [0.29, 0.717) is 6.54 Å². The highest BCUT2D eigenvalue weighted by Crippen LogP contribution is 2.23. The molecule has 17 heavy (non-hydrogen) atoms. The molecule has 0 saturated heterocycles. The molecule has 1 unspecified atom stereocenters. The summed E-state index contributed by atoms with van der Waals surface area (Å²) in [4.78, 5) is -0.0456. The largest absolute Gasteiger partial charge is 0.327 e. The second kappa shape index (κ2) is 8.77. The fourth-order valence-corrected chi connectivity index (χ4v) is 1.86. The van der Waals surface area contributed by atoms with Crippen LogP contribution in [0.5, 0.6) is 0 Å². The third-order valence-corrected chi connectivity index (χ3v) is 3.02. The highest BCUT2D eigenvalue weighted by molar-refractivity contribution is 6.23. The van der Waals surface area contributed by atoms with Crippen molar-refractivity contribution in [3.8, 4) is 0 Å². The molecule has 2 heteroatoms. The molecule has 0 spiro atoms. The van der Waals surface area contributed by atoms with Crippen molar-refractivity contribution >= 4 is 11.6 Å². The molecular formula is C15H28ClN. The van der Waals surface area contributed by atoms with Crippen molar-refractivity contribution < 1.29 is 0 Å². The normalized spacial score (nSPS) is 15.5. The quantitative estimate of drug-likeness (QED) is 0.497. The molecule has 0 aromatic rings. The minimum atomic E-state index is -0.0456. The van der Waals surface area contributed by atoms with E-state index in [0.717, 1.165) is 18.8 Å². The van der Waals surface area contributed by atoms with Crippen molar-refractivity contribution in [1.29, 1.82) is 0 Å². The summed E-state index contributed by atoms with van der Waals surface area (Å²) in [5, 5.41) is 0. The van der Waals surface area contributed by atoms with Gasteiger partial charge in [-0.05, 0) is 39.5 Å². The van der Waals surface area contributed by atoms with Crippen molar-refractivity contribution in [1.82, 2.24) is 0 Å². The van der Waals surface area contributed by atoms with Gasteiger partial charge in [0, 0.05) is 11.4 Å². The number of hydrogen-bond donors (Lipinski definition) is 1. The third-order valence-electron chi connectivity index (χ3n) is 2.83. The van der Waals surface area contributed by atoms with Crippen LogP contribution < -0.4 is 5.73 Å². The molecule has 0 aromatic carbocycles. The average molecular weight is 258 g/mol. The van der Waals surface area contributed by atoms with Crippen LogP contribution in [0.3, 0.4) is 0 Å². The minimum Gasteiger partial charge on any atom is -0.327 e. The van der Waals surface area contributed by atoms with Gasteiger partial charge in [-0.1, -0.05) is 43.6 Å². The van der Waals surface area contributed by atoms with Crippen molar-refractivity contribution in [2.24, 2.45) is 11.7 Å². The lowest BCUT2D eigenvalue weighted by Gasteiger charge is -2.16. The van der Waals surface area contributed by atoms with Crippen LogP contribution in [0, 0.1) is 5.92 Å². The van der Waals surface area contributed by atoms with Crippen LogP contribution in [-0.4, -0.2) is 11.4 Å². The Balaban J connectivity index is 3.73. The molecule has 0 aliphatic rings. The Labute approximate surface area is 112 Å².